The number of likely N-dealkylation sites (tertiary alicyclic amines) is 1. The van der Waals surface area contributed by atoms with Gasteiger partial charge in [-0.05, 0) is 25.0 Å². The van der Waals surface area contributed by atoms with Crippen molar-refractivity contribution in [2.75, 3.05) is 24.2 Å². The van der Waals surface area contributed by atoms with Crippen LogP contribution in [0.1, 0.15) is 19.3 Å². The summed E-state index contributed by atoms with van der Waals surface area (Å²) in [7, 11) is 0. The minimum absolute atomic E-state index is 0.0429. The number of imide groups is 1. The molecular weight excluding hydrogens is 406 g/mol. The molecule has 1 saturated heterocycles. The highest BCUT2D eigenvalue weighted by molar-refractivity contribution is 7.99. The number of fused-ring (bicyclic) bond motifs is 1. The molecule has 1 heterocycles. The van der Waals surface area contributed by atoms with Gasteiger partial charge in [-0.15, -0.1) is 11.8 Å². The van der Waals surface area contributed by atoms with Crippen LogP contribution in [0.25, 0.3) is 0 Å². The third-order valence-electron chi connectivity index (χ3n) is 4.96. The zero-order valence-corrected chi connectivity index (χ0v) is 17.0. The van der Waals surface area contributed by atoms with Crippen LogP contribution >= 0.6 is 11.8 Å². The van der Waals surface area contributed by atoms with Crippen LogP contribution in [0.3, 0.4) is 0 Å². The number of rotatable bonds is 8. The van der Waals surface area contributed by atoms with Gasteiger partial charge in [-0.1, -0.05) is 24.3 Å². The summed E-state index contributed by atoms with van der Waals surface area (Å²) in [5.74, 6) is -2.08. The van der Waals surface area contributed by atoms with Crippen LogP contribution in [0.4, 0.5) is 5.69 Å². The Morgan fingerprint density at radius 3 is 2.50 bits per heavy atom. The summed E-state index contributed by atoms with van der Waals surface area (Å²) in [4.78, 5) is 50.7. The number of anilines is 1. The first kappa shape index (κ1) is 21.6. The van der Waals surface area contributed by atoms with Crippen LogP contribution < -0.4 is 5.32 Å². The number of nitriles is 1. The summed E-state index contributed by atoms with van der Waals surface area (Å²) in [5, 5.41) is 11.4. The molecule has 156 valence electrons. The fourth-order valence-electron chi connectivity index (χ4n) is 3.50. The Morgan fingerprint density at radius 1 is 1.17 bits per heavy atom. The Hall–Kier alpha value is -3.12. The normalized spacial score (nSPS) is 19.9. The van der Waals surface area contributed by atoms with E-state index in [0.717, 1.165) is 9.80 Å². The van der Waals surface area contributed by atoms with Crippen LogP contribution in [-0.2, 0) is 23.9 Å². The van der Waals surface area contributed by atoms with Crippen molar-refractivity contribution in [3.63, 3.8) is 0 Å². The summed E-state index contributed by atoms with van der Waals surface area (Å²) < 4.78 is 4.97. The number of thioether (sulfide) groups is 1. The lowest BCUT2D eigenvalue weighted by molar-refractivity contribution is -0.148. The van der Waals surface area contributed by atoms with E-state index < -0.39 is 18.5 Å². The number of hydrogen-bond acceptors (Lipinski definition) is 7. The van der Waals surface area contributed by atoms with Gasteiger partial charge in [0.05, 0.1) is 35.8 Å². The highest BCUT2D eigenvalue weighted by atomic mass is 32.2. The van der Waals surface area contributed by atoms with Crippen molar-refractivity contribution in [3.8, 4) is 6.07 Å². The number of ether oxygens (including phenoxy) is 1. The summed E-state index contributed by atoms with van der Waals surface area (Å²) in [6.07, 6.45) is 4.74. The topological polar surface area (TPSA) is 117 Å². The number of carbonyl (C=O) groups is 4. The van der Waals surface area contributed by atoms with Crippen LogP contribution in [-0.4, -0.2) is 47.5 Å². The third kappa shape index (κ3) is 5.07. The molecule has 0 bridgehead atoms. The fourth-order valence-corrected chi connectivity index (χ4v) is 4.17. The smallest absolute Gasteiger partial charge is 0.308 e. The second kappa shape index (κ2) is 10.1. The minimum atomic E-state index is -0.661. The molecule has 0 saturated carbocycles. The molecule has 2 atom stereocenters. The molecule has 30 heavy (non-hydrogen) atoms. The van der Waals surface area contributed by atoms with Gasteiger partial charge in [0.15, 0.2) is 6.61 Å². The Balaban J connectivity index is 1.44. The van der Waals surface area contributed by atoms with Crippen molar-refractivity contribution in [2.45, 2.75) is 24.2 Å². The van der Waals surface area contributed by atoms with Crippen LogP contribution in [0.2, 0.25) is 0 Å². The zero-order valence-electron chi connectivity index (χ0n) is 16.2. The maximum Gasteiger partial charge on any atom is 0.308 e. The first-order chi connectivity index (χ1) is 14.5. The fraction of sp³-hybridized carbons (Fsp3) is 0.381. The number of nitrogens with zero attached hydrogens (tertiary/aromatic N) is 2. The van der Waals surface area contributed by atoms with E-state index in [9.17, 15) is 19.2 Å². The van der Waals surface area contributed by atoms with Crippen molar-refractivity contribution in [3.05, 3.63) is 36.4 Å². The molecule has 1 aromatic carbocycles. The van der Waals surface area contributed by atoms with Crippen molar-refractivity contribution in [1.82, 2.24) is 4.90 Å². The number of nitrogens with one attached hydrogen (secondary N) is 1. The van der Waals surface area contributed by atoms with E-state index in [4.69, 9.17) is 10.00 Å². The van der Waals surface area contributed by atoms with Crippen molar-refractivity contribution in [1.29, 1.82) is 5.26 Å². The maximum absolute atomic E-state index is 12.4. The molecule has 0 radical (unpaired) electrons. The van der Waals surface area contributed by atoms with E-state index in [1.54, 1.807) is 24.3 Å². The molecule has 2 unspecified atom stereocenters. The number of hydrogen-bond donors (Lipinski definition) is 1. The number of esters is 1. The van der Waals surface area contributed by atoms with E-state index in [2.05, 4.69) is 5.32 Å². The standard InChI is InChI=1S/C21H21N3O5S/c22-10-12-30-17-8-4-3-7-16(17)23-18(25)13-29-19(26)9-11-24-20(27)14-5-1-2-6-15(14)21(24)28/h1-4,7-8,14-15H,5-6,9,11-13H2,(H,23,25). The Bertz CT molecular complexity index is 897. The molecule has 0 spiro atoms. The molecule has 3 rings (SSSR count). The van der Waals surface area contributed by atoms with E-state index in [-0.39, 0.29) is 42.4 Å². The second-order valence-corrected chi connectivity index (χ2v) is 7.90. The summed E-state index contributed by atoms with van der Waals surface area (Å²) in [6.45, 7) is -0.522. The zero-order chi connectivity index (χ0) is 21.5. The van der Waals surface area contributed by atoms with Crippen LogP contribution in [0, 0.1) is 23.2 Å². The third-order valence-corrected chi connectivity index (χ3v) is 5.90. The number of carbonyl (C=O) groups excluding carboxylic acids is 4. The summed E-state index contributed by atoms with van der Waals surface area (Å²) in [6, 6.07) is 9.03. The molecular formula is C21H21N3O5S. The molecule has 1 fully saturated rings. The lowest BCUT2D eigenvalue weighted by atomic mass is 9.85. The molecule has 8 nitrogen and oxygen atoms in total. The SMILES string of the molecule is N#CCSc1ccccc1NC(=O)COC(=O)CCN1C(=O)C2CC=CCC2C1=O. The Kier molecular flexibility index (Phi) is 7.25. The van der Waals surface area contributed by atoms with Crippen LogP contribution in [0.5, 0.6) is 0 Å². The molecule has 0 aromatic heterocycles. The van der Waals surface area contributed by atoms with Gasteiger partial charge >= 0.3 is 5.97 Å². The van der Waals surface area contributed by atoms with Crippen molar-refractivity contribution < 1.29 is 23.9 Å². The van der Waals surface area contributed by atoms with Gasteiger partial charge in [0.1, 0.15) is 0 Å². The second-order valence-electron chi connectivity index (χ2n) is 6.89. The Morgan fingerprint density at radius 2 is 1.83 bits per heavy atom. The van der Waals surface area contributed by atoms with Crippen molar-refractivity contribution in [2.24, 2.45) is 11.8 Å². The van der Waals surface area contributed by atoms with Gasteiger partial charge in [0, 0.05) is 11.4 Å². The van der Waals surface area contributed by atoms with Gasteiger partial charge in [-0.25, -0.2) is 0 Å². The molecule has 1 aliphatic carbocycles. The van der Waals surface area contributed by atoms with Crippen molar-refractivity contribution >= 4 is 41.1 Å². The van der Waals surface area contributed by atoms with Gasteiger partial charge in [0.2, 0.25) is 11.8 Å². The maximum atomic E-state index is 12.4. The monoisotopic (exact) mass is 427 g/mol. The lowest BCUT2D eigenvalue weighted by Crippen LogP contribution is -2.33. The lowest BCUT2D eigenvalue weighted by Gasteiger charge is -2.14. The van der Waals surface area contributed by atoms with E-state index in [0.29, 0.717) is 18.5 Å². The van der Waals surface area contributed by atoms with Gasteiger partial charge in [-0.3, -0.25) is 24.1 Å². The molecule has 2 aliphatic rings. The molecule has 3 amide bonds. The molecule has 1 N–H and O–H groups in total. The van der Waals surface area contributed by atoms with Gasteiger partial charge in [-0.2, -0.15) is 5.26 Å². The minimum Gasteiger partial charge on any atom is -0.456 e. The predicted octanol–water partition coefficient (Wildman–Crippen LogP) is 2.13. The Labute approximate surface area is 178 Å². The summed E-state index contributed by atoms with van der Waals surface area (Å²) in [5.41, 5.74) is 0.531. The first-order valence-corrected chi connectivity index (χ1v) is 10.5. The largest absolute Gasteiger partial charge is 0.456 e. The van der Waals surface area contributed by atoms with E-state index >= 15 is 0 Å². The number of benzene rings is 1. The highest BCUT2D eigenvalue weighted by Gasteiger charge is 2.46. The predicted molar refractivity (Wildman–Crippen MR) is 109 cm³/mol. The van der Waals surface area contributed by atoms with E-state index in [1.807, 2.05) is 18.2 Å². The first-order valence-electron chi connectivity index (χ1n) is 9.55. The highest BCUT2D eigenvalue weighted by Crippen LogP contribution is 2.35. The number of allylic oxidation sites excluding steroid dienone is 2. The number of amides is 3. The van der Waals surface area contributed by atoms with Gasteiger partial charge in [0.25, 0.3) is 5.91 Å². The van der Waals surface area contributed by atoms with Gasteiger partial charge < -0.3 is 10.1 Å². The van der Waals surface area contributed by atoms with Crippen LogP contribution in [0.15, 0.2) is 41.3 Å². The molecule has 9 heteroatoms. The number of para-hydroxylation sites is 1. The molecule has 1 aliphatic heterocycles. The average Bonchev–Trinajstić information content (AvgIpc) is 3.00. The average molecular weight is 427 g/mol. The molecule has 1 aromatic rings. The van der Waals surface area contributed by atoms with E-state index in [1.165, 1.54) is 11.8 Å². The summed E-state index contributed by atoms with van der Waals surface area (Å²) >= 11 is 1.29. The quantitative estimate of drug-likeness (QED) is 0.292.